The quantitative estimate of drug-likeness (QED) is 0.618. The molecule has 0 spiro atoms. The van der Waals surface area contributed by atoms with Crippen LogP contribution in [0.3, 0.4) is 0 Å². The fourth-order valence-electron chi connectivity index (χ4n) is 2.32. The van der Waals surface area contributed by atoms with Crippen molar-refractivity contribution in [3.05, 3.63) is 29.8 Å². The van der Waals surface area contributed by atoms with Crippen LogP contribution in [0.15, 0.2) is 24.3 Å². The first-order chi connectivity index (χ1) is 9.58. The largest absolute Gasteiger partial charge is 0.496 e. The Kier molecular flexibility index (Phi) is 8.24. The molecule has 2 unspecified atom stereocenters. The minimum Gasteiger partial charge on any atom is -0.496 e. The highest BCUT2D eigenvalue weighted by Gasteiger charge is 2.13. The zero-order valence-corrected chi connectivity index (χ0v) is 14.8. The number of alkyl halides is 1. The van der Waals surface area contributed by atoms with Gasteiger partial charge in [0.05, 0.1) is 7.11 Å². The third-order valence-corrected chi connectivity index (χ3v) is 4.49. The summed E-state index contributed by atoms with van der Waals surface area (Å²) in [6.07, 6.45) is 3.56. The average molecular weight is 342 g/mol. The fourth-order valence-corrected chi connectivity index (χ4v) is 3.10. The van der Waals surface area contributed by atoms with Gasteiger partial charge in [-0.25, -0.2) is 0 Å². The van der Waals surface area contributed by atoms with Crippen LogP contribution in [0, 0.1) is 5.92 Å². The number of rotatable bonds is 9. The van der Waals surface area contributed by atoms with Crippen molar-refractivity contribution in [2.45, 2.75) is 39.2 Å². The molecule has 0 heterocycles. The van der Waals surface area contributed by atoms with Crippen molar-refractivity contribution >= 4 is 15.9 Å². The summed E-state index contributed by atoms with van der Waals surface area (Å²) >= 11 is 3.52. The zero-order chi connectivity index (χ0) is 15.0. The Morgan fingerprint density at radius 3 is 2.55 bits per heavy atom. The van der Waals surface area contributed by atoms with Crippen LogP contribution in [0.4, 0.5) is 0 Å². The summed E-state index contributed by atoms with van der Waals surface area (Å²) in [7, 11) is 3.97. The van der Waals surface area contributed by atoms with Gasteiger partial charge in [-0.1, -0.05) is 41.1 Å². The number of para-hydroxylation sites is 1. The Bertz CT molecular complexity index is 383. The number of likely N-dealkylation sites (N-methyl/N-ethyl adjacent to an activating group) is 1. The predicted octanol–water partition coefficient (Wildman–Crippen LogP) is 4.37. The summed E-state index contributed by atoms with van der Waals surface area (Å²) in [5.74, 6) is 1.79. The maximum absolute atomic E-state index is 5.43. The second kappa shape index (κ2) is 9.41. The normalized spacial score (nSPS) is 14.3. The van der Waals surface area contributed by atoms with E-state index in [1.165, 1.54) is 18.4 Å². The molecule has 0 aliphatic carbocycles. The lowest BCUT2D eigenvalue weighted by Crippen LogP contribution is -2.32. The smallest absolute Gasteiger partial charge is 0.122 e. The van der Waals surface area contributed by atoms with Crippen LogP contribution in [0.5, 0.6) is 5.75 Å². The zero-order valence-electron chi connectivity index (χ0n) is 13.2. The highest BCUT2D eigenvalue weighted by Crippen LogP contribution is 2.20. The number of hydrogen-bond donors (Lipinski definition) is 0. The lowest BCUT2D eigenvalue weighted by molar-refractivity contribution is 0.237. The Morgan fingerprint density at radius 1 is 1.20 bits per heavy atom. The van der Waals surface area contributed by atoms with Crippen LogP contribution in [0.1, 0.15) is 32.3 Å². The van der Waals surface area contributed by atoms with E-state index in [1.54, 1.807) is 7.11 Å². The van der Waals surface area contributed by atoms with E-state index in [0.29, 0.717) is 6.04 Å². The predicted molar refractivity (Wildman–Crippen MR) is 91.0 cm³/mol. The van der Waals surface area contributed by atoms with E-state index in [-0.39, 0.29) is 0 Å². The molecule has 1 rings (SSSR count). The molecule has 3 heteroatoms. The Morgan fingerprint density at radius 2 is 1.90 bits per heavy atom. The average Bonchev–Trinajstić information content (AvgIpc) is 2.45. The molecule has 0 aliphatic heterocycles. The molecule has 0 aliphatic rings. The number of halogens is 1. The Labute approximate surface area is 132 Å². The van der Waals surface area contributed by atoms with Gasteiger partial charge in [0.2, 0.25) is 0 Å². The number of hydrogen-bond acceptors (Lipinski definition) is 2. The molecule has 0 saturated heterocycles. The van der Waals surface area contributed by atoms with Crippen molar-refractivity contribution in [1.29, 1.82) is 0 Å². The fraction of sp³-hybridized carbons (Fsp3) is 0.647. The molecule has 0 bridgehead atoms. The molecule has 0 amide bonds. The van der Waals surface area contributed by atoms with Crippen LogP contribution < -0.4 is 4.74 Å². The monoisotopic (exact) mass is 341 g/mol. The van der Waals surface area contributed by atoms with Crippen LogP contribution >= 0.6 is 15.9 Å². The van der Waals surface area contributed by atoms with Gasteiger partial charge in [-0.3, -0.25) is 0 Å². The van der Waals surface area contributed by atoms with Crippen molar-refractivity contribution in [1.82, 2.24) is 4.90 Å². The van der Waals surface area contributed by atoms with Gasteiger partial charge in [0.25, 0.3) is 0 Å². The van der Waals surface area contributed by atoms with Crippen LogP contribution in [-0.2, 0) is 6.42 Å². The van der Waals surface area contributed by atoms with Gasteiger partial charge in [0.1, 0.15) is 5.75 Å². The lowest BCUT2D eigenvalue weighted by Gasteiger charge is -2.26. The van der Waals surface area contributed by atoms with Crippen molar-refractivity contribution in [2.24, 2.45) is 5.92 Å². The van der Waals surface area contributed by atoms with E-state index in [0.717, 1.165) is 30.0 Å². The van der Waals surface area contributed by atoms with E-state index < -0.39 is 0 Å². The van der Waals surface area contributed by atoms with Gasteiger partial charge < -0.3 is 9.64 Å². The second-order valence-corrected chi connectivity index (χ2v) is 6.51. The molecule has 20 heavy (non-hydrogen) atoms. The van der Waals surface area contributed by atoms with Gasteiger partial charge in [-0.15, -0.1) is 0 Å². The molecule has 2 nitrogen and oxygen atoms in total. The molecule has 1 aromatic carbocycles. The summed E-state index contributed by atoms with van der Waals surface area (Å²) in [5, 5.41) is 1.11. The van der Waals surface area contributed by atoms with Gasteiger partial charge in [-0.2, -0.15) is 0 Å². The molecular formula is C17H28BrNO. The molecule has 114 valence electrons. The van der Waals surface area contributed by atoms with Crippen molar-refractivity contribution < 1.29 is 4.74 Å². The second-order valence-electron chi connectivity index (χ2n) is 5.72. The van der Waals surface area contributed by atoms with Gasteiger partial charge in [0.15, 0.2) is 0 Å². The minimum atomic E-state index is 0.530. The van der Waals surface area contributed by atoms with E-state index >= 15 is 0 Å². The van der Waals surface area contributed by atoms with Crippen molar-refractivity contribution in [3.8, 4) is 5.75 Å². The number of benzene rings is 1. The summed E-state index contributed by atoms with van der Waals surface area (Å²) in [6, 6.07) is 8.85. The SMILES string of the molecule is COc1ccccc1CC(C)N(C)CCC(C)CCBr. The molecule has 0 fully saturated rings. The summed E-state index contributed by atoms with van der Waals surface area (Å²) < 4.78 is 5.43. The first kappa shape index (κ1) is 17.5. The highest BCUT2D eigenvalue weighted by atomic mass is 79.9. The van der Waals surface area contributed by atoms with Gasteiger partial charge in [-0.05, 0) is 57.3 Å². The summed E-state index contributed by atoms with van der Waals surface area (Å²) in [6.45, 7) is 5.78. The molecule has 2 atom stereocenters. The maximum atomic E-state index is 5.43. The van der Waals surface area contributed by atoms with E-state index in [4.69, 9.17) is 4.74 Å². The number of ether oxygens (including phenoxy) is 1. The van der Waals surface area contributed by atoms with E-state index in [9.17, 15) is 0 Å². The topological polar surface area (TPSA) is 12.5 Å². The van der Waals surface area contributed by atoms with Crippen LogP contribution in [0.25, 0.3) is 0 Å². The van der Waals surface area contributed by atoms with E-state index in [2.05, 4.69) is 53.9 Å². The van der Waals surface area contributed by atoms with Crippen molar-refractivity contribution in [3.63, 3.8) is 0 Å². The van der Waals surface area contributed by atoms with Crippen LogP contribution in [0.2, 0.25) is 0 Å². The minimum absolute atomic E-state index is 0.530. The third kappa shape index (κ3) is 5.84. The van der Waals surface area contributed by atoms with E-state index in [1.807, 2.05) is 12.1 Å². The lowest BCUT2D eigenvalue weighted by atomic mass is 10.0. The van der Waals surface area contributed by atoms with Gasteiger partial charge in [0, 0.05) is 11.4 Å². The molecule has 0 saturated carbocycles. The first-order valence-corrected chi connectivity index (χ1v) is 8.58. The Hall–Kier alpha value is -0.540. The standard InChI is InChI=1S/C17H28BrNO/c1-14(9-11-18)10-12-19(3)15(2)13-16-7-5-6-8-17(16)20-4/h5-8,14-15H,9-13H2,1-4H3. The summed E-state index contributed by atoms with van der Waals surface area (Å²) in [5.41, 5.74) is 1.29. The molecular weight excluding hydrogens is 314 g/mol. The first-order valence-electron chi connectivity index (χ1n) is 7.46. The molecule has 1 aromatic rings. The van der Waals surface area contributed by atoms with Crippen molar-refractivity contribution in [2.75, 3.05) is 26.0 Å². The third-order valence-electron chi connectivity index (χ3n) is 4.04. The molecule has 0 N–H and O–H groups in total. The number of nitrogens with zero attached hydrogens (tertiary/aromatic N) is 1. The number of methoxy groups -OCH3 is 1. The van der Waals surface area contributed by atoms with Gasteiger partial charge >= 0.3 is 0 Å². The summed E-state index contributed by atoms with van der Waals surface area (Å²) in [4.78, 5) is 2.46. The van der Waals surface area contributed by atoms with Crippen LogP contribution in [-0.4, -0.2) is 37.0 Å². The maximum Gasteiger partial charge on any atom is 0.122 e. The highest BCUT2D eigenvalue weighted by molar-refractivity contribution is 9.09. The molecule has 0 radical (unpaired) electrons. The molecule has 0 aromatic heterocycles. The Balaban J connectivity index is 2.46.